The Morgan fingerprint density at radius 1 is 1.18 bits per heavy atom. The number of fused-ring (bicyclic) bond motifs is 1. The van der Waals surface area contributed by atoms with Crippen LogP contribution in [0.1, 0.15) is 75.1 Å². The van der Waals surface area contributed by atoms with Gasteiger partial charge in [0.1, 0.15) is 0 Å². The molecular formula is C27H35N3O3S. The number of ether oxygens (including phenoxy) is 1. The molecule has 2 aliphatic heterocycles. The number of hydrogen-bond acceptors (Lipinski definition) is 6. The maximum atomic E-state index is 13.3. The van der Waals surface area contributed by atoms with Gasteiger partial charge in [-0.1, -0.05) is 54.8 Å². The van der Waals surface area contributed by atoms with E-state index in [1.165, 1.54) is 36.6 Å². The average Bonchev–Trinajstić information content (AvgIpc) is 3.20. The molecule has 1 aliphatic carbocycles. The molecule has 0 aromatic heterocycles. The van der Waals surface area contributed by atoms with Crippen LogP contribution in [-0.4, -0.2) is 46.5 Å². The molecule has 0 bridgehead atoms. The second kappa shape index (κ2) is 10.4. The van der Waals surface area contributed by atoms with Crippen LogP contribution in [0, 0.1) is 13.8 Å². The molecule has 1 saturated carbocycles. The van der Waals surface area contributed by atoms with Crippen molar-refractivity contribution >= 4 is 28.8 Å². The molecule has 182 valence electrons. The summed E-state index contributed by atoms with van der Waals surface area (Å²) < 4.78 is 5.46. The molecule has 0 spiro atoms. The van der Waals surface area contributed by atoms with Crippen LogP contribution in [0.4, 0.5) is 0 Å². The summed E-state index contributed by atoms with van der Waals surface area (Å²) in [5, 5.41) is 2.82. The van der Waals surface area contributed by atoms with E-state index < -0.39 is 0 Å². The third-order valence-corrected chi connectivity index (χ3v) is 7.95. The number of carbonyl (C=O) groups is 2. The number of allylic oxidation sites excluding steroid dienone is 1. The Hall–Kier alpha value is -2.54. The number of aryl methyl sites for hydroxylation is 2. The molecule has 0 N–H and O–H groups in total. The Labute approximate surface area is 207 Å². The molecule has 3 aliphatic rings. The molecule has 0 radical (unpaired) electrons. The second-order valence-corrected chi connectivity index (χ2v) is 10.3. The minimum atomic E-state index is -0.374. The molecule has 1 fully saturated rings. The highest BCUT2D eigenvalue weighted by atomic mass is 32.2. The van der Waals surface area contributed by atoms with Gasteiger partial charge in [0.15, 0.2) is 5.17 Å². The van der Waals surface area contributed by atoms with Gasteiger partial charge in [-0.05, 0) is 57.1 Å². The number of esters is 1. The number of amides is 1. The maximum absolute atomic E-state index is 13.3. The van der Waals surface area contributed by atoms with E-state index in [0.29, 0.717) is 23.9 Å². The SMILES string of the molecule is CCOC(=O)C1=C(C)N=C2SC=C(CC(=O)N(C)C3CCCCC3)N2C1c1ccc(C)cc1C. The Morgan fingerprint density at radius 2 is 1.91 bits per heavy atom. The van der Waals surface area contributed by atoms with E-state index in [1.807, 2.05) is 31.2 Å². The van der Waals surface area contributed by atoms with Crippen molar-refractivity contribution in [2.75, 3.05) is 13.7 Å². The summed E-state index contributed by atoms with van der Waals surface area (Å²) in [4.78, 5) is 35.2. The molecule has 1 unspecified atom stereocenters. The predicted octanol–water partition coefficient (Wildman–Crippen LogP) is 5.62. The molecule has 1 aromatic rings. The zero-order valence-corrected chi connectivity index (χ0v) is 21.7. The smallest absolute Gasteiger partial charge is 0.338 e. The van der Waals surface area contributed by atoms with Gasteiger partial charge in [0.05, 0.1) is 30.3 Å². The van der Waals surface area contributed by atoms with E-state index in [9.17, 15) is 9.59 Å². The van der Waals surface area contributed by atoms with Crippen molar-refractivity contribution in [3.05, 3.63) is 57.3 Å². The van der Waals surface area contributed by atoms with Gasteiger partial charge >= 0.3 is 5.97 Å². The molecule has 0 saturated heterocycles. The first-order valence-corrected chi connectivity index (χ1v) is 13.1. The molecule has 2 heterocycles. The largest absolute Gasteiger partial charge is 0.463 e. The van der Waals surface area contributed by atoms with Gasteiger partial charge in [-0.15, -0.1) is 0 Å². The summed E-state index contributed by atoms with van der Waals surface area (Å²) >= 11 is 1.52. The van der Waals surface area contributed by atoms with Gasteiger partial charge < -0.3 is 14.5 Å². The first-order chi connectivity index (χ1) is 16.3. The lowest BCUT2D eigenvalue weighted by Gasteiger charge is -2.38. The minimum absolute atomic E-state index is 0.114. The second-order valence-electron chi connectivity index (χ2n) is 9.45. The summed E-state index contributed by atoms with van der Waals surface area (Å²) in [6.07, 6.45) is 6.07. The number of rotatable bonds is 6. The lowest BCUT2D eigenvalue weighted by molar-refractivity contribution is -0.139. The van der Waals surface area contributed by atoms with Crippen molar-refractivity contribution < 1.29 is 14.3 Å². The fourth-order valence-electron chi connectivity index (χ4n) is 5.22. The van der Waals surface area contributed by atoms with Crippen molar-refractivity contribution in [3.8, 4) is 0 Å². The Morgan fingerprint density at radius 3 is 2.59 bits per heavy atom. The molecular weight excluding hydrogens is 446 g/mol. The summed E-state index contributed by atoms with van der Waals surface area (Å²) in [5.41, 5.74) is 5.39. The molecule has 34 heavy (non-hydrogen) atoms. The molecule has 4 rings (SSSR count). The zero-order chi connectivity index (χ0) is 24.4. The fraction of sp³-hybridized carbons (Fsp3) is 0.519. The van der Waals surface area contributed by atoms with Crippen molar-refractivity contribution in [1.29, 1.82) is 0 Å². The van der Waals surface area contributed by atoms with Crippen molar-refractivity contribution in [2.24, 2.45) is 4.99 Å². The number of thioether (sulfide) groups is 1. The minimum Gasteiger partial charge on any atom is -0.463 e. The van der Waals surface area contributed by atoms with Crippen LogP contribution in [0.5, 0.6) is 0 Å². The number of nitrogens with zero attached hydrogens (tertiary/aromatic N) is 3. The number of aliphatic imine (C=N–C) groups is 1. The third kappa shape index (κ3) is 4.81. The monoisotopic (exact) mass is 481 g/mol. The van der Waals surface area contributed by atoms with Gasteiger partial charge in [-0.25, -0.2) is 9.79 Å². The Balaban J connectivity index is 1.68. The maximum Gasteiger partial charge on any atom is 0.338 e. The summed E-state index contributed by atoms with van der Waals surface area (Å²) in [6, 6.07) is 6.23. The van der Waals surface area contributed by atoms with Gasteiger partial charge in [0.2, 0.25) is 5.91 Å². The molecule has 1 amide bonds. The van der Waals surface area contributed by atoms with Crippen LogP contribution in [0.3, 0.4) is 0 Å². The Kier molecular flexibility index (Phi) is 7.51. The standard InChI is InChI=1S/C27H35N3O3S/c1-6-33-26(32)24-19(4)28-27-30(25(24)22-13-12-17(2)14-18(22)3)21(16-34-27)15-23(31)29(5)20-10-8-7-9-11-20/h12-14,16,20,25H,6-11,15H2,1-5H3. The quantitative estimate of drug-likeness (QED) is 0.493. The predicted molar refractivity (Wildman–Crippen MR) is 137 cm³/mol. The average molecular weight is 482 g/mol. The topological polar surface area (TPSA) is 62.2 Å². The summed E-state index contributed by atoms with van der Waals surface area (Å²) in [7, 11) is 1.93. The first kappa shape index (κ1) is 24.6. The molecule has 7 heteroatoms. The lowest BCUT2D eigenvalue weighted by Crippen LogP contribution is -2.41. The van der Waals surface area contributed by atoms with E-state index in [4.69, 9.17) is 9.73 Å². The van der Waals surface area contributed by atoms with Crippen LogP contribution in [0.25, 0.3) is 0 Å². The van der Waals surface area contributed by atoms with E-state index in [0.717, 1.165) is 34.8 Å². The van der Waals surface area contributed by atoms with Crippen LogP contribution in [0.2, 0.25) is 0 Å². The number of carbonyl (C=O) groups excluding carboxylic acids is 2. The van der Waals surface area contributed by atoms with E-state index in [2.05, 4.69) is 36.9 Å². The van der Waals surface area contributed by atoms with Crippen LogP contribution < -0.4 is 0 Å². The molecule has 1 atom stereocenters. The van der Waals surface area contributed by atoms with Crippen molar-refractivity contribution in [3.63, 3.8) is 0 Å². The van der Waals surface area contributed by atoms with E-state index in [1.54, 1.807) is 0 Å². The van der Waals surface area contributed by atoms with Crippen molar-refractivity contribution in [1.82, 2.24) is 9.80 Å². The fourth-order valence-corrected chi connectivity index (χ4v) is 6.18. The highest BCUT2D eigenvalue weighted by Crippen LogP contribution is 2.45. The number of amidine groups is 1. The first-order valence-electron chi connectivity index (χ1n) is 12.3. The highest BCUT2D eigenvalue weighted by molar-refractivity contribution is 8.16. The van der Waals surface area contributed by atoms with Gasteiger partial charge in [-0.3, -0.25) is 4.79 Å². The number of benzene rings is 1. The van der Waals surface area contributed by atoms with Gasteiger partial charge in [0, 0.05) is 18.8 Å². The zero-order valence-electron chi connectivity index (χ0n) is 20.9. The normalized spacial score (nSPS) is 20.6. The highest BCUT2D eigenvalue weighted by Gasteiger charge is 2.42. The van der Waals surface area contributed by atoms with Crippen LogP contribution in [0.15, 0.2) is 45.6 Å². The van der Waals surface area contributed by atoms with Gasteiger partial charge in [-0.2, -0.15) is 0 Å². The number of hydrogen-bond donors (Lipinski definition) is 0. The molecule has 6 nitrogen and oxygen atoms in total. The van der Waals surface area contributed by atoms with E-state index >= 15 is 0 Å². The lowest BCUT2D eigenvalue weighted by atomic mass is 9.90. The third-order valence-electron chi connectivity index (χ3n) is 7.06. The van der Waals surface area contributed by atoms with E-state index in [-0.39, 0.29) is 24.3 Å². The van der Waals surface area contributed by atoms with Gasteiger partial charge in [0.25, 0.3) is 0 Å². The van der Waals surface area contributed by atoms with Crippen LogP contribution >= 0.6 is 11.8 Å². The van der Waals surface area contributed by atoms with Crippen LogP contribution in [-0.2, 0) is 14.3 Å². The summed E-state index contributed by atoms with van der Waals surface area (Å²) in [6.45, 7) is 8.12. The molecule has 1 aromatic carbocycles. The summed E-state index contributed by atoms with van der Waals surface area (Å²) in [5.74, 6) is -0.238. The Bertz CT molecular complexity index is 1070. The van der Waals surface area contributed by atoms with Crippen molar-refractivity contribution in [2.45, 2.75) is 78.3 Å².